The molecule has 9 heteroatoms. The van der Waals surface area contributed by atoms with E-state index in [1.54, 1.807) is 19.3 Å². The van der Waals surface area contributed by atoms with Gasteiger partial charge in [-0.05, 0) is 60.1 Å². The first-order valence-electron chi connectivity index (χ1n) is 16.8. The van der Waals surface area contributed by atoms with Crippen LogP contribution in [0.5, 0.6) is 5.75 Å². The Kier molecular flexibility index (Phi) is 11.0. The van der Waals surface area contributed by atoms with Crippen molar-refractivity contribution in [3.05, 3.63) is 150 Å². The SMILES string of the molecule is COc1ccc(C[C@@H](C=C[C@H](Cc2ccccc2)C(=O)N2C(=O)OCC2Cc2ccccc2)C(=O)N2C(=O)OCC2Cc2ccccc2)cc1. The lowest BCUT2D eigenvalue weighted by Gasteiger charge is -2.25. The molecule has 0 bridgehead atoms. The van der Waals surface area contributed by atoms with Crippen molar-refractivity contribution in [2.75, 3.05) is 20.3 Å². The lowest BCUT2D eigenvalue weighted by atomic mass is 9.91. The Balaban J connectivity index is 1.31. The van der Waals surface area contributed by atoms with Crippen LogP contribution in [-0.4, -0.2) is 66.2 Å². The van der Waals surface area contributed by atoms with Crippen molar-refractivity contribution in [3.63, 3.8) is 0 Å². The van der Waals surface area contributed by atoms with Gasteiger partial charge in [0.05, 0.1) is 31.0 Å². The summed E-state index contributed by atoms with van der Waals surface area (Å²) in [5, 5.41) is 0. The van der Waals surface area contributed by atoms with Gasteiger partial charge in [0, 0.05) is 0 Å². The third-order valence-corrected chi connectivity index (χ3v) is 9.15. The van der Waals surface area contributed by atoms with Gasteiger partial charge in [-0.3, -0.25) is 9.59 Å². The van der Waals surface area contributed by atoms with Crippen molar-refractivity contribution in [3.8, 4) is 5.75 Å². The number of amides is 4. The normalized spacial score (nSPS) is 18.5. The molecule has 4 amide bonds. The zero-order chi connectivity index (χ0) is 34.9. The third kappa shape index (κ3) is 8.29. The molecule has 50 heavy (non-hydrogen) atoms. The third-order valence-electron chi connectivity index (χ3n) is 9.15. The van der Waals surface area contributed by atoms with Crippen LogP contribution in [0.2, 0.25) is 0 Å². The average molecular weight is 673 g/mol. The summed E-state index contributed by atoms with van der Waals surface area (Å²) in [6.07, 6.45) is 3.50. The molecule has 2 aliphatic heterocycles. The van der Waals surface area contributed by atoms with Gasteiger partial charge in [0.1, 0.15) is 19.0 Å². The molecule has 0 aliphatic carbocycles. The van der Waals surface area contributed by atoms with Crippen molar-refractivity contribution in [1.29, 1.82) is 0 Å². The number of hydrogen-bond donors (Lipinski definition) is 0. The van der Waals surface area contributed by atoms with Crippen molar-refractivity contribution >= 4 is 24.0 Å². The van der Waals surface area contributed by atoms with Gasteiger partial charge in [0.15, 0.2) is 0 Å². The van der Waals surface area contributed by atoms with Crippen LogP contribution in [0, 0.1) is 11.8 Å². The summed E-state index contributed by atoms with van der Waals surface area (Å²) < 4.78 is 16.1. The van der Waals surface area contributed by atoms with Gasteiger partial charge in [0.25, 0.3) is 0 Å². The minimum atomic E-state index is -0.816. The van der Waals surface area contributed by atoms with E-state index in [-0.39, 0.29) is 19.6 Å². The van der Waals surface area contributed by atoms with Crippen LogP contribution >= 0.6 is 0 Å². The Morgan fingerprint density at radius 1 is 0.620 bits per heavy atom. The van der Waals surface area contributed by atoms with Crippen LogP contribution in [0.1, 0.15) is 22.3 Å². The van der Waals surface area contributed by atoms with Crippen LogP contribution in [-0.2, 0) is 44.7 Å². The number of carbonyl (C=O) groups is 4. The summed E-state index contributed by atoms with van der Waals surface area (Å²) >= 11 is 0. The molecule has 4 aromatic rings. The number of nitrogens with zero attached hydrogens (tertiary/aromatic N) is 2. The topological polar surface area (TPSA) is 102 Å². The molecule has 2 saturated heterocycles. The van der Waals surface area contributed by atoms with E-state index in [4.69, 9.17) is 14.2 Å². The van der Waals surface area contributed by atoms with Crippen molar-refractivity contribution in [2.45, 2.75) is 37.8 Å². The molecule has 0 saturated carbocycles. The highest BCUT2D eigenvalue weighted by atomic mass is 16.6. The summed E-state index contributed by atoms with van der Waals surface area (Å²) in [5.41, 5.74) is 3.70. The zero-order valence-electron chi connectivity index (χ0n) is 27.9. The monoisotopic (exact) mass is 672 g/mol. The maximum Gasteiger partial charge on any atom is 0.417 e. The Morgan fingerprint density at radius 3 is 1.40 bits per heavy atom. The standard InChI is InChI=1S/C41H40N2O7/c1-48-37-21-17-32(18-22-37)24-34(39(45)43-36(28-50-41(43)47)26-31-15-9-4-10-16-31)20-19-33(23-29-11-5-2-6-12-29)38(44)42-35(27-49-40(42)46)25-30-13-7-3-8-14-30/h2-22,33-36H,23-28H2,1H3/t33-,34-,35?,36?/m1/s1. The lowest BCUT2D eigenvalue weighted by molar-refractivity contribution is -0.133. The first-order chi connectivity index (χ1) is 24.4. The highest BCUT2D eigenvalue weighted by Gasteiger charge is 2.42. The van der Waals surface area contributed by atoms with Crippen molar-refractivity contribution in [1.82, 2.24) is 9.80 Å². The predicted molar refractivity (Wildman–Crippen MR) is 187 cm³/mol. The number of rotatable bonds is 13. The molecule has 0 N–H and O–H groups in total. The number of methoxy groups -OCH3 is 1. The largest absolute Gasteiger partial charge is 0.497 e. The summed E-state index contributed by atoms with van der Waals surface area (Å²) in [7, 11) is 1.58. The number of ether oxygens (including phenoxy) is 3. The van der Waals surface area contributed by atoms with Crippen LogP contribution in [0.3, 0.4) is 0 Å². The van der Waals surface area contributed by atoms with Crippen LogP contribution in [0.25, 0.3) is 0 Å². The van der Waals surface area contributed by atoms with E-state index in [0.29, 0.717) is 25.0 Å². The number of hydrogen-bond acceptors (Lipinski definition) is 7. The first-order valence-corrected chi connectivity index (χ1v) is 16.8. The lowest BCUT2D eigenvalue weighted by Crippen LogP contribution is -2.44. The highest BCUT2D eigenvalue weighted by Crippen LogP contribution is 2.27. The Hall–Kier alpha value is -5.70. The summed E-state index contributed by atoms with van der Waals surface area (Å²) in [5.74, 6) is -1.77. The summed E-state index contributed by atoms with van der Waals surface area (Å²) in [6.45, 7) is 0.188. The molecule has 2 fully saturated rings. The van der Waals surface area contributed by atoms with E-state index in [1.807, 2.05) is 115 Å². The molecule has 0 aromatic heterocycles. The van der Waals surface area contributed by atoms with E-state index in [9.17, 15) is 19.2 Å². The smallest absolute Gasteiger partial charge is 0.417 e. The van der Waals surface area contributed by atoms with Gasteiger partial charge in [-0.25, -0.2) is 19.4 Å². The van der Waals surface area contributed by atoms with Gasteiger partial charge >= 0.3 is 12.2 Å². The van der Waals surface area contributed by atoms with Crippen LogP contribution in [0.15, 0.2) is 127 Å². The Morgan fingerprint density at radius 2 is 1.00 bits per heavy atom. The molecular weight excluding hydrogens is 632 g/mol. The molecule has 6 rings (SSSR count). The molecule has 9 nitrogen and oxygen atoms in total. The maximum absolute atomic E-state index is 14.4. The van der Waals surface area contributed by atoms with Crippen molar-refractivity contribution < 1.29 is 33.4 Å². The molecule has 2 aliphatic rings. The number of benzene rings is 4. The van der Waals surface area contributed by atoms with Gasteiger partial charge in [-0.2, -0.15) is 0 Å². The Bertz CT molecular complexity index is 1800. The van der Waals surface area contributed by atoms with E-state index < -0.39 is 47.9 Å². The summed E-state index contributed by atoms with van der Waals surface area (Å²) in [4.78, 5) is 57.2. The van der Waals surface area contributed by atoms with Crippen molar-refractivity contribution in [2.24, 2.45) is 11.8 Å². The van der Waals surface area contributed by atoms with Gasteiger partial charge in [0.2, 0.25) is 11.8 Å². The Labute approximate surface area is 292 Å². The molecular formula is C41H40N2O7. The number of cyclic esters (lactones) is 2. The van der Waals surface area contributed by atoms with Crippen LogP contribution in [0.4, 0.5) is 9.59 Å². The average Bonchev–Trinajstić information content (AvgIpc) is 3.70. The fraction of sp³-hybridized carbons (Fsp3) is 0.268. The zero-order valence-corrected chi connectivity index (χ0v) is 27.9. The summed E-state index contributed by atoms with van der Waals surface area (Å²) in [6, 6.07) is 35.3. The van der Waals surface area contributed by atoms with E-state index in [0.717, 1.165) is 22.3 Å². The fourth-order valence-electron chi connectivity index (χ4n) is 6.52. The molecule has 4 atom stereocenters. The van der Waals surface area contributed by atoms with Gasteiger partial charge in [-0.1, -0.05) is 115 Å². The minimum absolute atomic E-state index is 0.0907. The quantitative estimate of drug-likeness (QED) is 0.151. The van der Waals surface area contributed by atoms with Crippen LogP contribution < -0.4 is 4.74 Å². The van der Waals surface area contributed by atoms with E-state index >= 15 is 0 Å². The molecule has 0 spiro atoms. The second-order valence-electron chi connectivity index (χ2n) is 12.6. The highest BCUT2D eigenvalue weighted by molar-refractivity contribution is 5.97. The van der Waals surface area contributed by atoms with Gasteiger partial charge < -0.3 is 14.2 Å². The van der Waals surface area contributed by atoms with Gasteiger partial charge in [-0.15, -0.1) is 0 Å². The molecule has 2 unspecified atom stereocenters. The van der Waals surface area contributed by atoms with E-state index in [1.165, 1.54) is 9.80 Å². The second-order valence-corrected chi connectivity index (χ2v) is 12.6. The first kappa shape index (κ1) is 34.2. The molecule has 4 aromatic carbocycles. The second kappa shape index (κ2) is 16.1. The van der Waals surface area contributed by atoms with E-state index in [2.05, 4.69) is 0 Å². The molecule has 2 heterocycles. The predicted octanol–water partition coefficient (Wildman–Crippen LogP) is 6.45. The number of carbonyl (C=O) groups excluding carboxylic acids is 4. The fourth-order valence-corrected chi connectivity index (χ4v) is 6.52. The number of imide groups is 2. The molecule has 256 valence electrons. The molecule has 0 radical (unpaired) electrons. The maximum atomic E-state index is 14.4. The minimum Gasteiger partial charge on any atom is -0.497 e.